The normalized spacial score (nSPS) is 15.0. The van der Waals surface area contributed by atoms with Gasteiger partial charge in [0.25, 0.3) is 0 Å². The van der Waals surface area contributed by atoms with E-state index in [1.807, 2.05) is 20.8 Å². The Labute approximate surface area is 122 Å². The number of hydrogen-bond donors (Lipinski definition) is 1. The summed E-state index contributed by atoms with van der Waals surface area (Å²) in [4.78, 5) is 0. The van der Waals surface area contributed by atoms with E-state index in [1.165, 1.54) is 6.07 Å². The Morgan fingerprint density at radius 3 is 2.29 bits per heavy atom. The van der Waals surface area contributed by atoms with Crippen LogP contribution < -0.4 is 5.32 Å². The van der Waals surface area contributed by atoms with E-state index in [-0.39, 0.29) is 12.1 Å². The zero-order chi connectivity index (χ0) is 16.0. The van der Waals surface area contributed by atoms with Crippen LogP contribution in [0.5, 0.6) is 0 Å². The van der Waals surface area contributed by atoms with Crippen LogP contribution in [0.1, 0.15) is 44.4 Å². The van der Waals surface area contributed by atoms with Gasteiger partial charge >= 0.3 is 6.18 Å². The topological polar surface area (TPSA) is 21.3 Å². The summed E-state index contributed by atoms with van der Waals surface area (Å²) in [5.74, 6) is -1.26. The molecule has 0 aliphatic carbocycles. The summed E-state index contributed by atoms with van der Waals surface area (Å²) in [7, 11) is 0. The van der Waals surface area contributed by atoms with E-state index in [1.54, 1.807) is 0 Å². The second-order valence-corrected chi connectivity index (χ2v) is 4.67. The maximum atomic E-state index is 13.7. The lowest BCUT2D eigenvalue weighted by atomic mass is 9.97. The molecule has 0 bridgehead atoms. The van der Waals surface area contributed by atoms with Gasteiger partial charge in [-0.3, -0.25) is 0 Å². The van der Waals surface area contributed by atoms with E-state index in [2.05, 4.69) is 5.32 Å². The predicted molar refractivity (Wildman–Crippen MR) is 73.5 cm³/mol. The van der Waals surface area contributed by atoms with Gasteiger partial charge in [-0.05, 0) is 37.6 Å². The molecule has 0 aromatic heterocycles. The molecule has 21 heavy (non-hydrogen) atoms. The lowest BCUT2D eigenvalue weighted by Crippen LogP contribution is -2.33. The lowest BCUT2D eigenvalue weighted by Gasteiger charge is -2.27. The third kappa shape index (κ3) is 4.68. The molecule has 1 aromatic rings. The Bertz CT molecular complexity index is 448. The minimum atomic E-state index is -4.68. The van der Waals surface area contributed by atoms with Crippen LogP contribution in [0.25, 0.3) is 0 Å². The van der Waals surface area contributed by atoms with Crippen molar-refractivity contribution in [3.63, 3.8) is 0 Å². The third-order valence-corrected chi connectivity index (χ3v) is 3.24. The first-order valence-corrected chi connectivity index (χ1v) is 7.06. The predicted octanol–water partition coefficient (Wildman–Crippen LogP) is 4.31. The first-order valence-electron chi connectivity index (χ1n) is 7.06. The number of likely N-dealkylation sites (N-methyl/N-ethyl adjacent to an activating group) is 1. The highest BCUT2D eigenvalue weighted by Crippen LogP contribution is 2.33. The molecule has 0 saturated carbocycles. The molecule has 0 amide bonds. The van der Waals surface area contributed by atoms with Gasteiger partial charge in [-0.1, -0.05) is 19.9 Å². The molecule has 0 heterocycles. The zero-order valence-electron chi connectivity index (χ0n) is 12.4. The van der Waals surface area contributed by atoms with Gasteiger partial charge in [-0.25, -0.2) is 4.39 Å². The maximum absolute atomic E-state index is 13.7. The van der Waals surface area contributed by atoms with Crippen LogP contribution in [0, 0.1) is 5.82 Å². The average Bonchev–Trinajstić information content (AvgIpc) is 2.41. The average molecular weight is 307 g/mol. The molecule has 1 N–H and O–H groups in total. The number of benzene rings is 1. The van der Waals surface area contributed by atoms with Gasteiger partial charge in [0, 0.05) is 6.61 Å². The summed E-state index contributed by atoms with van der Waals surface area (Å²) in [6.07, 6.45) is -4.22. The highest BCUT2D eigenvalue weighted by molar-refractivity contribution is 5.29. The van der Waals surface area contributed by atoms with Crippen molar-refractivity contribution < 1.29 is 22.3 Å². The SMILES string of the molecule is CCNC(c1ccc(C(F)(F)F)c(F)c1)C(CC)OCC. The Hall–Kier alpha value is -1.14. The molecule has 2 nitrogen and oxygen atoms in total. The second kappa shape index (κ2) is 7.75. The molecule has 6 heteroatoms. The van der Waals surface area contributed by atoms with Crippen molar-refractivity contribution in [2.45, 2.75) is 45.5 Å². The standard InChI is InChI=1S/C15H21F4NO/c1-4-13(21-6-3)14(20-5-2)10-7-8-11(12(16)9-10)15(17,18)19/h7-9,13-14,20H,4-6H2,1-3H3. The van der Waals surface area contributed by atoms with E-state index < -0.39 is 17.6 Å². The molecule has 0 aliphatic rings. The van der Waals surface area contributed by atoms with Crippen LogP contribution in [0.15, 0.2) is 18.2 Å². The fourth-order valence-corrected chi connectivity index (χ4v) is 2.30. The molecule has 2 unspecified atom stereocenters. The van der Waals surface area contributed by atoms with Gasteiger partial charge in [-0.15, -0.1) is 0 Å². The summed E-state index contributed by atoms with van der Waals surface area (Å²) in [6.45, 7) is 6.75. The van der Waals surface area contributed by atoms with Crippen molar-refractivity contribution in [3.05, 3.63) is 35.1 Å². The number of alkyl halides is 3. The van der Waals surface area contributed by atoms with Crippen molar-refractivity contribution >= 4 is 0 Å². The van der Waals surface area contributed by atoms with E-state index >= 15 is 0 Å². The Kier molecular flexibility index (Phi) is 6.61. The van der Waals surface area contributed by atoms with Gasteiger partial charge in [-0.2, -0.15) is 13.2 Å². The van der Waals surface area contributed by atoms with Crippen molar-refractivity contribution in [1.29, 1.82) is 0 Å². The van der Waals surface area contributed by atoms with Gasteiger partial charge in [0.1, 0.15) is 5.82 Å². The fourth-order valence-electron chi connectivity index (χ4n) is 2.30. The molecule has 0 radical (unpaired) electrons. The number of rotatable bonds is 7. The molecule has 0 aliphatic heterocycles. The molecular formula is C15H21F4NO. The van der Waals surface area contributed by atoms with E-state index in [4.69, 9.17) is 4.74 Å². The highest BCUT2D eigenvalue weighted by atomic mass is 19.4. The summed E-state index contributed by atoms with van der Waals surface area (Å²) in [5.41, 5.74) is -0.784. The van der Waals surface area contributed by atoms with Crippen LogP contribution in [0.3, 0.4) is 0 Å². The summed E-state index contributed by atoms with van der Waals surface area (Å²) < 4.78 is 57.1. The van der Waals surface area contributed by atoms with Crippen LogP contribution in [0.2, 0.25) is 0 Å². The van der Waals surface area contributed by atoms with Gasteiger partial charge in [0.05, 0.1) is 17.7 Å². The van der Waals surface area contributed by atoms with E-state index in [0.29, 0.717) is 25.1 Å². The quantitative estimate of drug-likeness (QED) is 0.758. The summed E-state index contributed by atoms with van der Waals surface area (Å²) >= 11 is 0. The van der Waals surface area contributed by atoms with Crippen molar-refractivity contribution in [1.82, 2.24) is 5.32 Å². The van der Waals surface area contributed by atoms with Crippen LogP contribution in [-0.4, -0.2) is 19.3 Å². The lowest BCUT2D eigenvalue weighted by molar-refractivity contribution is -0.140. The molecule has 2 atom stereocenters. The van der Waals surface area contributed by atoms with Gasteiger partial charge in [0.2, 0.25) is 0 Å². The molecule has 120 valence electrons. The van der Waals surface area contributed by atoms with E-state index in [0.717, 1.165) is 12.1 Å². The fraction of sp³-hybridized carbons (Fsp3) is 0.600. The van der Waals surface area contributed by atoms with Crippen LogP contribution in [-0.2, 0) is 10.9 Å². The number of ether oxygens (including phenoxy) is 1. The summed E-state index contributed by atoms with van der Waals surface area (Å²) in [5, 5.41) is 3.15. The molecule has 0 fully saturated rings. The van der Waals surface area contributed by atoms with Crippen molar-refractivity contribution in [2.75, 3.05) is 13.2 Å². The molecule has 0 spiro atoms. The first-order chi connectivity index (χ1) is 9.85. The Balaban J connectivity index is 3.12. The maximum Gasteiger partial charge on any atom is 0.419 e. The Morgan fingerprint density at radius 2 is 1.86 bits per heavy atom. The first kappa shape index (κ1) is 17.9. The zero-order valence-corrected chi connectivity index (χ0v) is 12.4. The number of halogens is 4. The minimum absolute atomic E-state index is 0.217. The molecular weight excluding hydrogens is 286 g/mol. The van der Waals surface area contributed by atoms with Crippen molar-refractivity contribution in [3.8, 4) is 0 Å². The second-order valence-electron chi connectivity index (χ2n) is 4.67. The number of hydrogen-bond acceptors (Lipinski definition) is 2. The third-order valence-electron chi connectivity index (χ3n) is 3.24. The number of nitrogens with one attached hydrogen (secondary N) is 1. The Morgan fingerprint density at radius 1 is 1.19 bits per heavy atom. The van der Waals surface area contributed by atoms with Crippen LogP contribution in [0.4, 0.5) is 17.6 Å². The smallest absolute Gasteiger partial charge is 0.377 e. The monoisotopic (exact) mass is 307 g/mol. The molecule has 1 rings (SSSR count). The minimum Gasteiger partial charge on any atom is -0.377 e. The molecule has 0 saturated heterocycles. The van der Waals surface area contributed by atoms with Gasteiger partial charge in [0.15, 0.2) is 0 Å². The van der Waals surface area contributed by atoms with Gasteiger partial charge < -0.3 is 10.1 Å². The van der Waals surface area contributed by atoms with E-state index in [9.17, 15) is 17.6 Å². The van der Waals surface area contributed by atoms with Crippen molar-refractivity contribution in [2.24, 2.45) is 0 Å². The van der Waals surface area contributed by atoms with Crippen LogP contribution >= 0.6 is 0 Å². The largest absolute Gasteiger partial charge is 0.419 e. The highest BCUT2D eigenvalue weighted by Gasteiger charge is 2.34. The molecule has 1 aromatic carbocycles. The summed E-state index contributed by atoms with van der Waals surface area (Å²) in [6, 6.07) is 2.70.